The third kappa shape index (κ3) is 4.29. The number of aldehydes is 1. The molecule has 1 aromatic carbocycles. The molecule has 1 amide bonds. The van der Waals surface area contributed by atoms with E-state index >= 15 is 4.39 Å². The van der Waals surface area contributed by atoms with Crippen LogP contribution in [0.4, 0.5) is 15.0 Å². The minimum Gasteiger partial charge on any atom is -0.465 e. The van der Waals surface area contributed by atoms with E-state index < -0.39 is 11.9 Å². The van der Waals surface area contributed by atoms with Crippen molar-refractivity contribution in [3.8, 4) is 6.01 Å². The van der Waals surface area contributed by atoms with E-state index in [0.717, 1.165) is 19.4 Å². The summed E-state index contributed by atoms with van der Waals surface area (Å²) in [5.74, 6) is -0.227. The van der Waals surface area contributed by atoms with E-state index in [9.17, 15) is 14.7 Å². The molecule has 1 N–H and O–H groups in total. The third-order valence-electron chi connectivity index (χ3n) is 5.91. The van der Waals surface area contributed by atoms with Gasteiger partial charge in [0.2, 0.25) is 0 Å². The standard InChI is InChI=1S/C20H23BrFN5O4/c1-25-4-2-3-13(25)11-31-19-23-17-14(9-12(10-28)15(21)16(17)22)18(24-19)26-5-7-27(8-6-26)20(29)30/h9-10,13H,2-8,11H2,1H3,(H,29,30). The number of rotatable bonds is 5. The molecule has 0 aliphatic carbocycles. The number of anilines is 1. The number of hydrogen-bond acceptors (Lipinski definition) is 7. The average molecular weight is 496 g/mol. The molecule has 4 rings (SSSR count). The summed E-state index contributed by atoms with van der Waals surface area (Å²) in [7, 11) is 2.04. The Morgan fingerprint density at radius 3 is 2.68 bits per heavy atom. The van der Waals surface area contributed by atoms with Gasteiger partial charge in [0.05, 0.1) is 4.47 Å². The molecule has 2 aromatic rings. The molecule has 1 aromatic heterocycles. The van der Waals surface area contributed by atoms with Crippen LogP contribution in [-0.4, -0.2) is 89.7 Å². The van der Waals surface area contributed by atoms with E-state index in [0.29, 0.717) is 50.3 Å². The van der Waals surface area contributed by atoms with Gasteiger partial charge in [-0.3, -0.25) is 4.79 Å². The minimum absolute atomic E-state index is 0.0387. The topological polar surface area (TPSA) is 99.1 Å². The number of halogens is 2. The van der Waals surface area contributed by atoms with Gasteiger partial charge in [-0.2, -0.15) is 9.97 Å². The summed E-state index contributed by atoms with van der Waals surface area (Å²) in [6.07, 6.45) is 1.70. The first-order chi connectivity index (χ1) is 14.9. The molecular weight excluding hydrogens is 473 g/mol. The zero-order valence-electron chi connectivity index (χ0n) is 17.1. The first kappa shape index (κ1) is 21.7. The number of hydrogen-bond donors (Lipinski definition) is 1. The van der Waals surface area contributed by atoms with Crippen molar-refractivity contribution < 1.29 is 23.8 Å². The van der Waals surface area contributed by atoms with Crippen LogP contribution in [0.3, 0.4) is 0 Å². The van der Waals surface area contributed by atoms with Crippen LogP contribution in [0.5, 0.6) is 6.01 Å². The van der Waals surface area contributed by atoms with Crippen molar-refractivity contribution in [1.82, 2.24) is 19.8 Å². The van der Waals surface area contributed by atoms with Gasteiger partial charge in [-0.1, -0.05) is 0 Å². The number of nitrogens with zero attached hydrogens (tertiary/aromatic N) is 5. The minimum atomic E-state index is -0.977. The molecule has 1 unspecified atom stereocenters. The highest BCUT2D eigenvalue weighted by molar-refractivity contribution is 9.10. The highest BCUT2D eigenvalue weighted by atomic mass is 79.9. The maximum absolute atomic E-state index is 15.1. The number of carbonyl (C=O) groups is 2. The normalized spacial score (nSPS) is 19.8. The summed E-state index contributed by atoms with van der Waals surface area (Å²) in [6.45, 7) is 2.76. The number of fused-ring (bicyclic) bond motifs is 1. The quantitative estimate of drug-likeness (QED) is 0.631. The average Bonchev–Trinajstić information content (AvgIpc) is 3.19. The van der Waals surface area contributed by atoms with Gasteiger partial charge in [-0.15, -0.1) is 0 Å². The van der Waals surface area contributed by atoms with Crippen LogP contribution in [-0.2, 0) is 0 Å². The first-order valence-electron chi connectivity index (χ1n) is 10.1. The smallest absolute Gasteiger partial charge is 0.407 e. The van der Waals surface area contributed by atoms with Crippen LogP contribution >= 0.6 is 15.9 Å². The number of aromatic nitrogens is 2. The van der Waals surface area contributed by atoms with Gasteiger partial charge >= 0.3 is 12.1 Å². The lowest BCUT2D eigenvalue weighted by molar-refractivity contribution is 0.112. The molecule has 2 fully saturated rings. The number of benzene rings is 1. The van der Waals surface area contributed by atoms with Crippen molar-refractivity contribution in [3.63, 3.8) is 0 Å². The Balaban J connectivity index is 1.71. The van der Waals surface area contributed by atoms with Gasteiger partial charge in [0, 0.05) is 43.2 Å². The molecule has 31 heavy (non-hydrogen) atoms. The lowest BCUT2D eigenvalue weighted by Gasteiger charge is -2.34. The second-order valence-corrected chi connectivity index (χ2v) is 8.57. The summed E-state index contributed by atoms with van der Waals surface area (Å²) in [5, 5.41) is 9.59. The number of carboxylic acid groups (broad SMARTS) is 1. The Morgan fingerprint density at radius 2 is 2.06 bits per heavy atom. The molecule has 9 nitrogen and oxygen atoms in total. The maximum Gasteiger partial charge on any atom is 0.407 e. The SMILES string of the molecule is CN1CCCC1COc1nc(N2CCN(C(=O)O)CC2)c2cc(C=O)c(Br)c(F)c2n1. The molecule has 0 radical (unpaired) electrons. The highest BCUT2D eigenvalue weighted by Crippen LogP contribution is 2.34. The Bertz CT molecular complexity index is 1010. The number of likely N-dealkylation sites (tertiary alicyclic amines) is 1. The number of amides is 1. The zero-order chi connectivity index (χ0) is 22.1. The molecule has 0 bridgehead atoms. The third-order valence-corrected chi connectivity index (χ3v) is 6.72. The molecule has 166 valence electrons. The monoisotopic (exact) mass is 495 g/mol. The number of ether oxygens (including phenoxy) is 1. The van der Waals surface area contributed by atoms with Crippen LogP contribution in [0.1, 0.15) is 23.2 Å². The zero-order valence-corrected chi connectivity index (χ0v) is 18.6. The van der Waals surface area contributed by atoms with Gasteiger partial charge in [0.1, 0.15) is 17.9 Å². The van der Waals surface area contributed by atoms with Crippen molar-refractivity contribution in [2.45, 2.75) is 18.9 Å². The first-order valence-corrected chi connectivity index (χ1v) is 10.9. The fraction of sp³-hybridized carbons (Fsp3) is 0.500. The van der Waals surface area contributed by atoms with E-state index in [2.05, 4.69) is 30.8 Å². The van der Waals surface area contributed by atoms with E-state index in [1.54, 1.807) is 6.07 Å². The fourth-order valence-electron chi connectivity index (χ4n) is 4.05. The second kappa shape index (κ2) is 8.91. The van der Waals surface area contributed by atoms with Crippen LogP contribution in [0.2, 0.25) is 0 Å². The number of likely N-dealkylation sites (N-methyl/N-ethyl adjacent to an activating group) is 1. The molecule has 2 aliphatic rings. The second-order valence-electron chi connectivity index (χ2n) is 7.78. The van der Waals surface area contributed by atoms with Crippen molar-refractivity contribution in [2.24, 2.45) is 0 Å². The van der Waals surface area contributed by atoms with Crippen molar-refractivity contribution in [1.29, 1.82) is 0 Å². The Kier molecular flexibility index (Phi) is 6.24. The lowest BCUT2D eigenvalue weighted by Crippen LogP contribution is -2.48. The molecule has 2 aliphatic heterocycles. The van der Waals surface area contributed by atoms with E-state index in [1.807, 2.05) is 11.9 Å². The molecule has 0 spiro atoms. The van der Waals surface area contributed by atoms with Crippen molar-refractivity contribution >= 4 is 45.0 Å². The Morgan fingerprint density at radius 1 is 1.32 bits per heavy atom. The van der Waals surface area contributed by atoms with Crippen LogP contribution in [0, 0.1) is 5.82 Å². The van der Waals surface area contributed by atoms with E-state index in [1.165, 1.54) is 4.90 Å². The van der Waals surface area contributed by atoms with E-state index in [-0.39, 0.29) is 27.6 Å². The molecule has 11 heteroatoms. The van der Waals surface area contributed by atoms with Crippen LogP contribution < -0.4 is 9.64 Å². The molecular formula is C20H23BrFN5O4. The highest BCUT2D eigenvalue weighted by Gasteiger charge is 2.27. The summed E-state index contributed by atoms with van der Waals surface area (Å²) in [5.41, 5.74) is 0.207. The largest absolute Gasteiger partial charge is 0.465 e. The van der Waals surface area contributed by atoms with Gasteiger partial charge < -0.3 is 24.5 Å². The Hall–Kier alpha value is -2.53. The predicted octanol–water partition coefficient (Wildman–Crippen LogP) is 2.62. The molecule has 0 saturated carbocycles. The summed E-state index contributed by atoms with van der Waals surface area (Å²) in [6, 6.07) is 1.85. The van der Waals surface area contributed by atoms with Crippen LogP contribution in [0.15, 0.2) is 10.5 Å². The van der Waals surface area contributed by atoms with Gasteiger partial charge in [-0.25, -0.2) is 9.18 Å². The van der Waals surface area contributed by atoms with Crippen LogP contribution in [0.25, 0.3) is 10.9 Å². The number of piperazine rings is 1. The van der Waals surface area contributed by atoms with Crippen molar-refractivity contribution in [2.75, 3.05) is 51.3 Å². The van der Waals surface area contributed by atoms with Gasteiger partial charge in [-0.05, 0) is 48.4 Å². The van der Waals surface area contributed by atoms with E-state index in [4.69, 9.17) is 4.74 Å². The van der Waals surface area contributed by atoms with Gasteiger partial charge in [0.25, 0.3) is 0 Å². The predicted molar refractivity (Wildman–Crippen MR) is 116 cm³/mol. The molecule has 2 saturated heterocycles. The summed E-state index contributed by atoms with van der Waals surface area (Å²) >= 11 is 3.13. The summed E-state index contributed by atoms with van der Waals surface area (Å²) in [4.78, 5) is 36.9. The van der Waals surface area contributed by atoms with Gasteiger partial charge in [0.15, 0.2) is 12.1 Å². The lowest BCUT2D eigenvalue weighted by atomic mass is 10.1. The molecule has 1 atom stereocenters. The summed E-state index contributed by atoms with van der Waals surface area (Å²) < 4.78 is 21.0. The number of carbonyl (C=O) groups excluding carboxylic acids is 1. The van der Waals surface area contributed by atoms with Crippen molar-refractivity contribution in [3.05, 3.63) is 21.9 Å². The molecule has 3 heterocycles. The maximum atomic E-state index is 15.1. The Labute approximate surface area is 186 Å². The fourth-order valence-corrected chi connectivity index (χ4v) is 4.44.